The van der Waals surface area contributed by atoms with Gasteiger partial charge in [0.1, 0.15) is 0 Å². The lowest BCUT2D eigenvalue weighted by molar-refractivity contribution is 0.0600. The highest BCUT2D eigenvalue weighted by atomic mass is 16.5. The fourth-order valence-electron chi connectivity index (χ4n) is 2.22. The SMILES string of the molecule is COCCCNC(=O)c1cncc(C(=O)Nc2ccc(C(=O)OC)cc2)c1. The molecule has 0 aliphatic heterocycles. The van der Waals surface area contributed by atoms with E-state index in [0.29, 0.717) is 36.4 Å². The first-order chi connectivity index (χ1) is 13.0. The van der Waals surface area contributed by atoms with Crippen LogP contribution in [0.4, 0.5) is 5.69 Å². The lowest BCUT2D eigenvalue weighted by atomic mass is 10.1. The van der Waals surface area contributed by atoms with E-state index in [9.17, 15) is 14.4 Å². The number of pyridine rings is 1. The summed E-state index contributed by atoms with van der Waals surface area (Å²) in [6, 6.07) is 7.73. The van der Waals surface area contributed by atoms with Gasteiger partial charge in [-0.2, -0.15) is 0 Å². The maximum absolute atomic E-state index is 12.4. The van der Waals surface area contributed by atoms with Gasteiger partial charge in [0, 0.05) is 38.3 Å². The van der Waals surface area contributed by atoms with Crippen molar-refractivity contribution in [3.05, 3.63) is 59.4 Å². The molecule has 0 unspecified atom stereocenters. The molecule has 0 spiro atoms. The molecule has 0 fully saturated rings. The number of nitrogens with one attached hydrogen (secondary N) is 2. The molecule has 1 aromatic carbocycles. The number of anilines is 1. The van der Waals surface area contributed by atoms with Gasteiger partial charge in [0.2, 0.25) is 0 Å². The van der Waals surface area contributed by atoms with Gasteiger partial charge in [-0.05, 0) is 36.8 Å². The number of esters is 1. The number of carbonyl (C=O) groups is 3. The summed E-state index contributed by atoms with van der Waals surface area (Å²) in [6.07, 6.45) is 3.46. The van der Waals surface area contributed by atoms with Crippen LogP contribution in [0.5, 0.6) is 0 Å². The van der Waals surface area contributed by atoms with Crippen LogP contribution in [0.1, 0.15) is 37.5 Å². The highest BCUT2D eigenvalue weighted by Gasteiger charge is 2.12. The van der Waals surface area contributed by atoms with Gasteiger partial charge in [-0.25, -0.2) is 4.79 Å². The first-order valence-corrected chi connectivity index (χ1v) is 8.27. The Morgan fingerprint density at radius 1 is 0.963 bits per heavy atom. The predicted molar refractivity (Wildman–Crippen MR) is 98.8 cm³/mol. The molecule has 0 atom stereocenters. The zero-order valence-corrected chi connectivity index (χ0v) is 15.2. The Bertz CT molecular complexity index is 805. The minimum Gasteiger partial charge on any atom is -0.465 e. The van der Waals surface area contributed by atoms with Gasteiger partial charge in [0.05, 0.1) is 23.8 Å². The van der Waals surface area contributed by atoms with E-state index in [1.54, 1.807) is 31.4 Å². The Kier molecular flexibility index (Phi) is 7.45. The number of carbonyl (C=O) groups excluding carboxylic acids is 3. The van der Waals surface area contributed by atoms with Crippen molar-refractivity contribution in [1.29, 1.82) is 0 Å². The molecule has 1 aromatic heterocycles. The van der Waals surface area contributed by atoms with Gasteiger partial charge in [0.25, 0.3) is 11.8 Å². The maximum Gasteiger partial charge on any atom is 0.337 e. The highest BCUT2D eigenvalue weighted by molar-refractivity contribution is 6.06. The lowest BCUT2D eigenvalue weighted by Gasteiger charge is -2.08. The average molecular weight is 371 g/mol. The Morgan fingerprint density at radius 3 is 2.26 bits per heavy atom. The van der Waals surface area contributed by atoms with Gasteiger partial charge >= 0.3 is 5.97 Å². The van der Waals surface area contributed by atoms with Crippen molar-refractivity contribution in [3.8, 4) is 0 Å². The average Bonchev–Trinajstić information content (AvgIpc) is 2.71. The van der Waals surface area contributed by atoms with Crippen LogP contribution in [0.15, 0.2) is 42.7 Å². The van der Waals surface area contributed by atoms with Gasteiger partial charge in [0.15, 0.2) is 0 Å². The number of hydrogen-bond acceptors (Lipinski definition) is 6. The molecular formula is C19H21N3O5. The molecule has 27 heavy (non-hydrogen) atoms. The first kappa shape index (κ1) is 20.1. The molecular weight excluding hydrogens is 350 g/mol. The second kappa shape index (κ2) is 10.0. The van der Waals surface area contributed by atoms with Crippen LogP contribution >= 0.6 is 0 Å². The van der Waals surface area contributed by atoms with Crippen molar-refractivity contribution >= 4 is 23.5 Å². The van der Waals surface area contributed by atoms with Crippen LogP contribution in [0, 0.1) is 0 Å². The quantitative estimate of drug-likeness (QED) is 0.542. The summed E-state index contributed by atoms with van der Waals surface area (Å²) < 4.78 is 9.55. The third-order valence-corrected chi connectivity index (χ3v) is 3.64. The number of nitrogens with zero attached hydrogens (tertiary/aromatic N) is 1. The molecule has 8 heteroatoms. The smallest absolute Gasteiger partial charge is 0.337 e. The molecule has 2 rings (SSSR count). The van der Waals surface area contributed by atoms with E-state index < -0.39 is 11.9 Å². The van der Waals surface area contributed by atoms with Crippen LogP contribution < -0.4 is 10.6 Å². The normalized spacial score (nSPS) is 10.1. The molecule has 0 radical (unpaired) electrons. The third-order valence-electron chi connectivity index (χ3n) is 3.64. The molecule has 0 aliphatic carbocycles. The van der Waals surface area contributed by atoms with Crippen LogP contribution in [0.3, 0.4) is 0 Å². The van der Waals surface area contributed by atoms with E-state index in [0.717, 1.165) is 0 Å². The molecule has 0 bridgehead atoms. The summed E-state index contributed by atoms with van der Waals surface area (Å²) in [4.78, 5) is 39.8. The fourth-order valence-corrected chi connectivity index (χ4v) is 2.22. The molecule has 2 aromatic rings. The zero-order valence-electron chi connectivity index (χ0n) is 15.2. The van der Waals surface area contributed by atoms with Crippen molar-refractivity contribution in [2.75, 3.05) is 32.7 Å². The minimum atomic E-state index is -0.457. The largest absolute Gasteiger partial charge is 0.465 e. The summed E-state index contributed by atoms with van der Waals surface area (Å²) in [5.74, 6) is -1.18. The molecule has 2 amide bonds. The second-order valence-electron chi connectivity index (χ2n) is 5.59. The van der Waals surface area contributed by atoms with Crippen LogP contribution in [0.25, 0.3) is 0 Å². The first-order valence-electron chi connectivity index (χ1n) is 8.27. The van der Waals surface area contributed by atoms with Crippen molar-refractivity contribution in [3.63, 3.8) is 0 Å². The number of ether oxygens (including phenoxy) is 2. The summed E-state index contributed by atoms with van der Waals surface area (Å²) in [5, 5.41) is 5.43. The zero-order chi connectivity index (χ0) is 19.6. The number of benzene rings is 1. The summed E-state index contributed by atoms with van der Waals surface area (Å²) in [6.45, 7) is 1.02. The summed E-state index contributed by atoms with van der Waals surface area (Å²) in [7, 11) is 2.89. The van der Waals surface area contributed by atoms with Crippen LogP contribution in [-0.2, 0) is 9.47 Å². The fraction of sp³-hybridized carbons (Fsp3) is 0.263. The molecule has 1 heterocycles. The molecule has 2 N–H and O–H groups in total. The molecule has 0 saturated heterocycles. The van der Waals surface area contributed by atoms with E-state index in [1.165, 1.54) is 25.6 Å². The van der Waals surface area contributed by atoms with Crippen LogP contribution in [-0.4, -0.2) is 50.1 Å². The van der Waals surface area contributed by atoms with Crippen molar-refractivity contribution in [2.45, 2.75) is 6.42 Å². The lowest BCUT2D eigenvalue weighted by Crippen LogP contribution is -2.25. The highest BCUT2D eigenvalue weighted by Crippen LogP contribution is 2.12. The van der Waals surface area contributed by atoms with E-state index >= 15 is 0 Å². The monoisotopic (exact) mass is 371 g/mol. The number of rotatable bonds is 8. The standard InChI is InChI=1S/C19H21N3O5/c1-26-9-3-8-21-17(23)14-10-15(12-20-11-14)18(24)22-16-6-4-13(5-7-16)19(25)27-2/h4-7,10-12H,3,8-9H2,1-2H3,(H,21,23)(H,22,24). The van der Waals surface area contributed by atoms with Crippen molar-refractivity contribution < 1.29 is 23.9 Å². The third kappa shape index (κ3) is 5.89. The van der Waals surface area contributed by atoms with E-state index in [4.69, 9.17) is 4.74 Å². The number of aromatic nitrogens is 1. The van der Waals surface area contributed by atoms with Crippen molar-refractivity contribution in [1.82, 2.24) is 10.3 Å². The molecule has 0 aliphatic rings. The Hall–Kier alpha value is -3.26. The number of hydrogen-bond donors (Lipinski definition) is 2. The number of amides is 2. The van der Waals surface area contributed by atoms with E-state index in [-0.39, 0.29) is 11.5 Å². The molecule has 8 nitrogen and oxygen atoms in total. The topological polar surface area (TPSA) is 107 Å². The molecule has 142 valence electrons. The van der Waals surface area contributed by atoms with E-state index in [1.807, 2.05) is 0 Å². The molecule has 0 saturated carbocycles. The van der Waals surface area contributed by atoms with Crippen LogP contribution in [0.2, 0.25) is 0 Å². The van der Waals surface area contributed by atoms with Gasteiger partial charge in [-0.15, -0.1) is 0 Å². The summed E-state index contributed by atoms with van der Waals surface area (Å²) >= 11 is 0. The predicted octanol–water partition coefficient (Wildman–Crippen LogP) is 1.89. The van der Waals surface area contributed by atoms with Gasteiger partial charge in [-0.3, -0.25) is 14.6 Å². The maximum atomic E-state index is 12.4. The Morgan fingerprint density at radius 2 is 1.63 bits per heavy atom. The number of methoxy groups -OCH3 is 2. The summed E-state index contributed by atoms with van der Waals surface area (Å²) in [5.41, 5.74) is 1.42. The Labute approximate surface area is 156 Å². The second-order valence-corrected chi connectivity index (χ2v) is 5.59. The van der Waals surface area contributed by atoms with E-state index in [2.05, 4.69) is 20.4 Å². The minimum absolute atomic E-state index is 0.247. The van der Waals surface area contributed by atoms with Gasteiger partial charge < -0.3 is 20.1 Å². The van der Waals surface area contributed by atoms with Crippen molar-refractivity contribution in [2.24, 2.45) is 0 Å². The van der Waals surface area contributed by atoms with Gasteiger partial charge in [-0.1, -0.05) is 0 Å². The Balaban J connectivity index is 2.00.